The van der Waals surface area contributed by atoms with E-state index in [1.165, 1.54) is 0 Å². The van der Waals surface area contributed by atoms with E-state index in [1.807, 2.05) is 41.1 Å². The van der Waals surface area contributed by atoms with E-state index in [0.29, 0.717) is 12.3 Å². The second kappa shape index (κ2) is 7.33. The lowest BCUT2D eigenvalue weighted by atomic mass is 10.3. The highest BCUT2D eigenvalue weighted by Crippen LogP contribution is 2.10. The molecule has 20 heavy (non-hydrogen) atoms. The number of carbonyl (C=O) groups excluding carboxylic acids is 1. The number of carbonyl (C=O) groups is 1. The molecule has 106 valence electrons. The minimum atomic E-state index is -0.495. The van der Waals surface area contributed by atoms with Crippen LogP contribution in [0.25, 0.3) is 0 Å². The number of nitrogens with one attached hydrogen (secondary N) is 1. The number of aryl methyl sites for hydroxylation is 1. The van der Waals surface area contributed by atoms with Crippen molar-refractivity contribution >= 4 is 5.91 Å². The summed E-state index contributed by atoms with van der Waals surface area (Å²) in [5.74, 6) is 0.605. The summed E-state index contributed by atoms with van der Waals surface area (Å²) in [4.78, 5) is 15.8. The Labute approximate surface area is 118 Å². The smallest absolute Gasteiger partial charge is 0.260 e. The third kappa shape index (κ3) is 4.42. The topological polar surface area (TPSA) is 56.1 Å². The maximum atomic E-state index is 11.9. The van der Waals surface area contributed by atoms with Crippen LogP contribution in [0.3, 0.4) is 0 Å². The third-order valence-corrected chi connectivity index (χ3v) is 2.88. The van der Waals surface area contributed by atoms with Gasteiger partial charge in [-0.05, 0) is 25.5 Å². The van der Waals surface area contributed by atoms with Crippen molar-refractivity contribution in [1.82, 2.24) is 14.9 Å². The molecule has 5 nitrogen and oxygen atoms in total. The van der Waals surface area contributed by atoms with E-state index in [4.69, 9.17) is 4.74 Å². The number of benzene rings is 1. The van der Waals surface area contributed by atoms with Crippen molar-refractivity contribution in [2.45, 2.75) is 26.0 Å². The van der Waals surface area contributed by atoms with E-state index in [2.05, 4.69) is 10.3 Å². The van der Waals surface area contributed by atoms with Crippen molar-refractivity contribution < 1.29 is 9.53 Å². The number of ether oxygens (including phenoxy) is 1. The predicted molar refractivity (Wildman–Crippen MR) is 76.4 cm³/mol. The normalized spacial score (nSPS) is 11.8. The fraction of sp³-hybridized carbons (Fsp3) is 0.333. The molecular weight excluding hydrogens is 254 g/mol. The molecular formula is C15H19N3O2. The summed E-state index contributed by atoms with van der Waals surface area (Å²) in [6, 6.07) is 9.34. The molecule has 1 heterocycles. The Morgan fingerprint density at radius 3 is 2.90 bits per heavy atom. The van der Waals surface area contributed by atoms with Gasteiger partial charge in [-0.25, -0.2) is 4.98 Å². The van der Waals surface area contributed by atoms with Gasteiger partial charge in [-0.15, -0.1) is 0 Å². The Bertz CT molecular complexity index is 511. The lowest BCUT2D eigenvalue weighted by Gasteiger charge is -2.14. The van der Waals surface area contributed by atoms with Crippen molar-refractivity contribution in [3.05, 3.63) is 49.1 Å². The summed E-state index contributed by atoms with van der Waals surface area (Å²) in [6.45, 7) is 3.21. The summed E-state index contributed by atoms with van der Waals surface area (Å²) in [6.07, 6.45) is 5.78. The average Bonchev–Trinajstić information content (AvgIpc) is 2.97. The number of hydrogen-bond donors (Lipinski definition) is 1. The van der Waals surface area contributed by atoms with Gasteiger partial charge in [0.15, 0.2) is 6.10 Å². The van der Waals surface area contributed by atoms with Gasteiger partial charge in [0.2, 0.25) is 0 Å². The molecule has 0 aliphatic rings. The minimum absolute atomic E-state index is 0.0977. The first-order valence-corrected chi connectivity index (χ1v) is 6.71. The van der Waals surface area contributed by atoms with Gasteiger partial charge >= 0.3 is 0 Å². The molecule has 1 aromatic heterocycles. The maximum absolute atomic E-state index is 11.9. The van der Waals surface area contributed by atoms with Crippen LogP contribution in [0.1, 0.15) is 13.3 Å². The highest BCUT2D eigenvalue weighted by molar-refractivity contribution is 5.80. The molecule has 0 aliphatic carbocycles. The van der Waals surface area contributed by atoms with Crippen molar-refractivity contribution in [3.8, 4) is 5.75 Å². The second-order valence-corrected chi connectivity index (χ2v) is 4.52. The molecule has 2 rings (SSSR count). The molecule has 2 aromatic rings. The molecule has 0 fully saturated rings. The largest absolute Gasteiger partial charge is 0.481 e. The zero-order valence-electron chi connectivity index (χ0n) is 11.5. The quantitative estimate of drug-likeness (QED) is 0.783. The number of hydrogen-bond acceptors (Lipinski definition) is 3. The van der Waals surface area contributed by atoms with E-state index in [1.54, 1.807) is 19.4 Å². The maximum Gasteiger partial charge on any atom is 0.260 e. The number of nitrogens with zero attached hydrogens (tertiary/aromatic N) is 2. The van der Waals surface area contributed by atoms with Crippen LogP contribution in [0.15, 0.2) is 49.1 Å². The fourth-order valence-electron chi connectivity index (χ4n) is 1.79. The fourth-order valence-corrected chi connectivity index (χ4v) is 1.79. The van der Waals surface area contributed by atoms with Crippen LogP contribution in [0.4, 0.5) is 0 Å². The van der Waals surface area contributed by atoms with Crippen LogP contribution >= 0.6 is 0 Å². The number of aromatic nitrogens is 2. The Morgan fingerprint density at radius 1 is 1.40 bits per heavy atom. The number of imidazole rings is 1. The molecule has 5 heteroatoms. The molecule has 0 bridgehead atoms. The van der Waals surface area contributed by atoms with Crippen LogP contribution in [0.2, 0.25) is 0 Å². The molecule has 1 aromatic carbocycles. The van der Waals surface area contributed by atoms with Gasteiger partial charge in [0.05, 0.1) is 6.33 Å². The molecule has 0 saturated carbocycles. The summed E-state index contributed by atoms with van der Waals surface area (Å²) in [7, 11) is 0. The standard InChI is InChI=1S/C15H19N3O2/c1-13(20-14-6-3-2-4-7-14)15(19)17-8-5-10-18-11-9-16-12-18/h2-4,6-7,9,11-13H,5,8,10H2,1H3,(H,17,19). The van der Waals surface area contributed by atoms with E-state index in [0.717, 1.165) is 13.0 Å². The summed E-state index contributed by atoms with van der Waals surface area (Å²) < 4.78 is 7.53. The van der Waals surface area contributed by atoms with Gasteiger partial charge in [0.25, 0.3) is 5.91 Å². The number of para-hydroxylation sites is 1. The van der Waals surface area contributed by atoms with Gasteiger partial charge in [0, 0.05) is 25.5 Å². The summed E-state index contributed by atoms with van der Waals surface area (Å²) in [5.41, 5.74) is 0. The highest BCUT2D eigenvalue weighted by atomic mass is 16.5. The molecule has 1 atom stereocenters. The van der Waals surface area contributed by atoms with E-state index >= 15 is 0 Å². The number of amides is 1. The Morgan fingerprint density at radius 2 is 2.20 bits per heavy atom. The van der Waals surface area contributed by atoms with Crippen LogP contribution in [0, 0.1) is 0 Å². The predicted octanol–water partition coefficient (Wildman–Crippen LogP) is 1.86. The monoisotopic (exact) mass is 273 g/mol. The van der Waals surface area contributed by atoms with E-state index < -0.39 is 6.10 Å². The highest BCUT2D eigenvalue weighted by Gasteiger charge is 2.13. The van der Waals surface area contributed by atoms with E-state index in [-0.39, 0.29) is 5.91 Å². The van der Waals surface area contributed by atoms with Crippen molar-refractivity contribution in [3.63, 3.8) is 0 Å². The van der Waals surface area contributed by atoms with Crippen molar-refractivity contribution in [2.75, 3.05) is 6.54 Å². The van der Waals surface area contributed by atoms with E-state index in [9.17, 15) is 4.79 Å². The summed E-state index contributed by atoms with van der Waals surface area (Å²) in [5, 5.41) is 2.87. The first-order chi connectivity index (χ1) is 9.75. The van der Waals surface area contributed by atoms with Gasteiger partial charge in [-0.1, -0.05) is 18.2 Å². The van der Waals surface area contributed by atoms with Crippen LogP contribution in [-0.2, 0) is 11.3 Å². The van der Waals surface area contributed by atoms with Crippen LogP contribution in [-0.4, -0.2) is 28.1 Å². The Kier molecular flexibility index (Phi) is 5.17. The van der Waals surface area contributed by atoms with Crippen LogP contribution in [0.5, 0.6) is 5.75 Å². The summed E-state index contributed by atoms with van der Waals surface area (Å²) >= 11 is 0. The first kappa shape index (κ1) is 14.1. The Balaban J connectivity index is 1.66. The first-order valence-electron chi connectivity index (χ1n) is 6.71. The third-order valence-electron chi connectivity index (χ3n) is 2.88. The lowest BCUT2D eigenvalue weighted by Crippen LogP contribution is -2.37. The van der Waals surface area contributed by atoms with Gasteiger partial charge in [0.1, 0.15) is 5.75 Å². The molecule has 0 spiro atoms. The zero-order valence-corrected chi connectivity index (χ0v) is 11.5. The molecule has 1 amide bonds. The SMILES string of the molecule is CC(Oc1ccccc1)C(=O)NCCCn1ccnc1. The molecule has 0 aliphatic heterocycles. The molecule has 1 unspecified atom stereocenters. The second-order valence-electron chi connectivity index (χ2n) is 4.52. The molecule has 0 radical (unpaired) electrons. The molecule has 1 N–H and O–H groups in total. The Hall–Kier alpha value is -2.30. The molecule has 0 saturated heterocycles. The zero-order chi connectivity index (χ0) is 14.2. The average molecular weight is 273 g/mol. The minimum Gasteiger partial charge on any atom is -0.481 e. The van der Waals surface area contributed by atoms with Crippen molar-refractivity contribution in [1.29, 1.82) is 0 Å². The number of rotatable bonds is 7. The lowest BCUT2D eigenvalue weighted by molar-refractivity contribution is -0.127. The van der Waals surface area contributed by atoms with Crippen molar-refractivity contribution in [2.24, 2.45) is 0 Å². The van der Waals surface area contributed by atoms with Crippen LogP contribution < -0.4 is 10.1 Å². The van der Waals surface area contributed by atoms with Gasteiger partial charge < -0.3 is 14.6 Å². The van der Waals surface area contributed by atoms with Gasteiger partial charge in [-0.3, -0.25) is 4.79 Å². The van der Waals surface area contributed by atoms with Gasteiger partial charge in [-0.2, -0.15) is 0 Å².